The largest absolute Gasteiger partial charge is 1.00 e. The number of nitrogens with one attached hydrogen (secondary N) is 2. The van der Waals surface area contributed by atoms with E-state index in [0.29, 0.717) is 12.0 Å². The molecule has 0 saturated heterocycles. The third kappa shape index (κ3) is 17.3. The molecule has 2 amide bonds. The van der Waals surface area contributed by atoms with E-state index in [1.54, 1.807) is 13.8 Å². The minimum Gasteiger partial charge on any atom is -0.744 e. The molecule has 7 rings (SSSR count). The quantitative estimate of drug-likeness (QED) is 0.0157. The van der Waals surface area contributed by atoms with Gasteiger partial charge in [-0.3, -0.25) is 19.7 Å². The van der Waals surface area contributed by atoms with Crippen molar-refractivity contribution in [3.63, 3.8) is 0 Å². The second-order valence-electron chi connectivity index (χ2n) is 14.7. The van der Waals surface area contributed by atoms with Gasteiger partial charge >= 0.3 is 118 Å². The first-order valence-corrected chi connectivity index (χ1v) is 26.1. The molecule has 35 heteroatoms. The Morgan fingerprint density at radius 2 is 1.18 bits per heavy atom. The average molecular weight is 1260 g/mol. The zero-order valence-electron chi connectivity index (χ0n) is 41.6. The van der Waals surface area contributed by atoms with Gasteiger partial charge in [0.2, 0.25) is 0 Å². The molecular weight excluding hydrogens is 1230 g/mol. The maximum Gasteiger partial charge on any atom is 1.00 e. The van der Waals surface area contributed by atoms with Crippen LogP contribution in [0.2, 0.25) is 15.1 Å². The molecule has 7 aromatic carbocycles. The fourth-order valence-electron chi connectivity index (χ4n) is 7.00. The third-order valence-corrected chi connectivity index (χ3v) is 13.9. The number of phenols is 2. The van der Waals surface area contributed by atoms with E-state index in [0.717, 1.165) is 24.3 Å². The number of rotatable bonds is 20. The van der Waals surface area contributed by atoms with Gasteiger partial charge in [0.05, 0.1) is 79.0 Å². The molecule has 0 unspecified atom stereocenters. The number of fused-ring (bicyclic) bond motifs is 2. The Kier molecular flexibility index (Phi) is 28.2. The summed E-state index contributed by atoms with van der Waals surface area (Å²) >= 11 is 19.0. The van der Waals surface area contributed by atoms with Crippen LogP contribution >= 0.6 is 58.9 Å². The predicted octanol–water partition coefficient (Wildman–Crippen LogP) is -2.22. The molecule has 0 radical (unpaired) electrons. The summed E-state index contributed by atoms with van der Waals surface area (Å²) in [6.07, 6.45) is 0. The SMILES string of the molecule is CCOc1cc(N=Nc2c(S(=O)(=O)[O-])cc3cc(SOO[O-])cc(NC(=O)c4cccc(Cl)c4Cl)c3c2O)c(OCC)cc1N=Nc1c(SOO[O-])cc2cc(S(=O)(=O)[O-])cc(NC(=O)c3cccc(Cl)c3)c2c1O.[Na+].[Na+].[Na+].[Na+]. The number of azo groups is 2. The van der Waals surface area contributed by atoms with Crippen molar-refractivity contribution in [2.24, 2.45) is 20.5 Å². The topological polar surface area (TPSA) is 364 Å². The van der Waals surface area contributed by atoms with Crippen molar-refractivity contribution in [3.8, 4) is 23.0 Å². The van der Waals surface area contributed by atoms with Gasteiger partial charge in [0, 0.05) is 38.4 Å². The number of carbonyl (C=O) groups excluding carboxylic acids is 2. The first kappa shape index (κ1) is 70.8. The van der Waals surface area contributed by atoms with Crippen LogP contribution in [0.25, 0.3) is 21.5 Å². The fraction of sp³-hybridized carbons (Fsp3) is 0.0909. The van der Waals surface area contributed by atoms with E-state index in [2.05, 4.69) is 49.8 Å². The van der Waals surface area contributed by atoms with E-state index < -0.39 is 64.7 Å². The van der Waals surface area contributed by atoms with Crippen LogP contribution in [-0.2, 0) is 39.0 Å². The summed E-state index contributed by atoms with van der Waals surface area (Å²) in [5.74, 6) is -3.79. The predicted molar refractivity (Wildman–Crippen MR) is 264 cm³/mol. The molecule has 0 aliphatic carbocycles. The molecule has 24 nitrogen and oxygen atoms in total. The number of nitrogens with zero attached hydrogens (tertiary/aromatic N) is 4. The van der Waals surface area contributed by atoms with Crippen LogP contribution in [0.4, 0.5) is 34.1 Å². The van der Waals surface area contributed by atoms with E-state index in [9.17, 15) is 56.3 Å². The molecule has 0 heterocycles. The second-order valence-corrected chi connectivity index (χ2v) is 20.2. The monoisotopic (exact) mass is 1250 g/mol. The van der Waals surface area contributed by atoms with Crippen LogP contribution in [-0.4, -0.2) is 61.2 Å². The summed E-state index contributed by atoms with van der Waals surface area (Å²) in [5.41, 5.74) is -2.54. The van der Waals surface area contributed by atoms with E-state index in [4.69, 9.17) is 44.3 Å². The molecule has 0 atom stereocenters. The average Bonchev–Trinajstić information content (AvgIpc) is 3.40. The molecule has 79 heavy (non-hydrogen) atoms. The number of carbonyl (C=O) groups is 2. The molecule has 0 spiro atoms. The molecule has 0 saturated carbocycles. The van der Waals surface area contributed by atoms with E-state index in [1.807, 2.05) is 0 Å². The first-order chi connectivity index (χ1) is 35.7. The summed E-state index contributed by atoms with van der Waals surface area (Å²) in [4.78, 5) is 24.7. The Labute approximate surface area is 560 Å². The maximum absolute atomic E-state index is 13.5. The first-order valence-electron chi connectivity index (χ1n) is 20.6. The van der Waals surface area contributed by atoms with Crippen molar-refractivity contribution in [3.05, 3.63) is 117 Å². The summed E-state index contributed by atoms with van der Waals surface area (Å²) in [6.45, 7) is 3.05. The van der Waals surface area contributed by atoms with Crippen molar-refractivity contribution in [1.82, 2.24) is 0 Å². The molecule has 0 aliphatic rings. The van der Waals surface area contributed by atoms with Gasteiger partial charge in [-0.15, -0.1) is 20.5 Å². The minimum atomic E-state index is -5.51. The van der Waals surface area contributed by atoms with E-state index in [1.165, 1.54) is 66.7 Å². The van der Waals surface area contributed by atoms with E-state index in [-0.39, 0.29) is 235 Å². The normalized spacial score (nSPS) is 11.4. The van der Waals surface area contributed by atoms with Gasteiger partial charge in [-0.1, -0.05) is 46.9 Å². The Balaban J connectivity index is 0.00000410. The molecule has 0 aliphatic heterocycles. The molecule has 0 aromatic heterocycles. The van der Waals surface area contributed by atoms with Crippen LogP contribution in [0.5, 0.6) is 23.0 Å². The summed E-state index contributed by atoms with van der Waals surface area (Å²) in [6, 6.07) is 18.2. The van der Waals surface area contributed by atoms with Crippen LogP contribution in [0.1, 0.15) is 34.6 Å². The number of ether oxygens (including phenoxy) is 2. The minimum absolute atomic E-state index is 0. The maximum atomic E-state index is 13.5. The number of anilines is 2. The van der Waals surface area contributed by atoms with Crippen LogP contribution in [0.15, 0.2) is 131 Å². The molecule has 0 fully saturated rings. The van der Waals surface area contributed by atoms with Gasteiger partial charge in [-0.05, 0) is 91.3 Å². The van der Waals surface area contributed by atoms with E-state index >= 15 is 0 Å². The molecule has 4 N–H and O–H groups in total. The van der Waals surface area contributed by atoms with Crippen LogP contribution < -0.4 is 149 Å². The van der Waals surface area contributed by atoms with Crippen molar-refractivity contribution in [2.75, 3.05) is 23.8 Å². The standard InChI is InChI=1S/C44H33Cl3N6O18S4.4Na/c1-3-66-32-19-29(51-53-40-35(75(63,64)65)15-21-12-24(72-70-68-58)16-30(36(21)42(40)55)49-44(57)26-9-6-10-27(46)38(26)47)33(67-4-2)18-28(32)50-52-39-34(73-71-69-59)14-22-13-25(74(60,61)62)17-31(37(22)41(39)54)48-43(56)20-7-5-8-23(45)11-20;;;;/h5-19,54-55,58-59H,3-4H2,1-2H3,(H,48,56)(H,49,57)(H,60,61,62)(H,63,64,65);;;;/q;4*+1/p-4. The molecule has 7 aromatic rings. The van der Waals surface area contributed by atoms with Gasteiger partial charge < -0.3 is 49.9 Å². The van der Waals surface area contributed by atoms with Gasteiger partial charge in [0.25, 0.3) is 11.8 Å². The number of benzene rings is 7. The van der Waals surface area contributed by atoms with Crippen molar-refractivity contribution < 1.29 is 203 Å². The second kappa shape index (κ2) is 31.4. The Morgan fingerprint density at radius 1 is 0.633 bits per heavy atom. The van der Waals surface area contributed by atoms with Gasteiger partial charge in [0.1, 0.15) is 54.5 Å². The van der Waals surface area contributed by atoms with Crippen molar-refractivity contribution in [1.29, 1.82) is 0 Å². The summed E-state index contributed by atoms with van der Waals surface area (Å²) in [7, 11) is -10.7. The summed E-state index contributed by atoms with van der Waals surface area (Å²) in [5, 5.41) is 72.8. The number of hydrogen-bond donors (Lipinski definition) is 4. The number of amides is 2. The van der Waals surface area contributed by atoms with Crippen molar-refractivity contribution >= 4 is 147 Å². The van der Waals surface area contributed by atoms with Gasteiger partial charge in [-0.2, -0.15) is 8.67 Å². The number of aromatic hydroxyl groups is 2. The Bertz CT molecular complexity index is 3730. The molecular formula is C44H29Cl3N6Na4O18S4. The fourth-order valence-corrected chi connectivity index (χ4v) is 9.69. The molecule has 0 bridgehead atoms. The molecule has 392 valence electrons. The number of hydrogen-bond acceptors (Lipinski definition) is 24. The van der Waals surface area contributed by atoms with Gasteiger partial charge in [0.15, 0.2) is 11.5 Å². The van der Waals surface area contributed by atoms with Gasteiger partial charge in [-0.25, -0.2) is 16.8 Å². The van der Waals surface area contributed by atoms with Crippen molar-refractivity contribution in [2.45, 2.75) is 33.4 Å². The zero-order valence-corrected chi connectivity index (χ0v) is 55.1. The third-order valence-electron chi connectivity index (χ3n) is 10.0. The van der Waals surface area contributed by atoms with Crippen LogP contribution in [0.3, 0.4) is 0 Å². The number of phenolic OH excluding ortho intramolecular Hbond substituents is 2. The Morgan fingerprint density at radius 3 is 1.75 bits per heavy atom. The smallest absolute Gasteiger partial charge is 0.744 e. The number of halogens is 3. The Hall–Kier alpha value is -2.45. The summed E-state index contributed by atoms with van der Waals surface area (Å²) < 4.78 is 95.7. The zero-order chi connectivity index (χ0) is 54.4. The van der Waals surface area contributed by atoms with Crippen LogP contribution in [0, 0.1) is 0 Å².